The van der Waals surface area contributed by atoms with Gasteiger partial charge in [0.15, 0.2) is 0 Å². The van der Waals surface area contributed by atoms with Crippen molar-refractivity contribution < 1.29 is 4.79 Å². The number of imidazole rings is 1. The second kappa shape index (κ2) is 3.85. The fraction of sp³-hybridized carbons (Fsp3) is 0.333. The van der Waals surface area contributed by atoms with Gasteiger partial charge in [0.1, 0.15) is 11.6 Å². The van der Waals surface area contributed by atoms with Crippen molar-refractivity contribution in [3.8, 4) is 0 Å². The number of H-pyrrole nitrogens is 1. The molecular formula is C12H14N2O. The largest absolute Gasteiger partial charge is 0.342 e. The van der Waals surface area contributed by atoms with Gasteiger partial charge in [-0.05, 0) is 25.5 Å². The number of hydrogen-bond acceptors (Lipinski definition) is 2. The highest BCUT2D eigenvalue weighted by atomic mass is 16.1. The third-order valence-electron chi connectivity index (χ3n) is 2.48. The van der Waals surface area contributed by atoms with Gasteiger partial charge in [-0.15, -0.1) is 0 Å². The Kier molecular flexibility index (Phi) is 2.54. The number of nitrogens with zero attached hydrogens (tertiary/aromatic N) is 1. The maximum atomic E-state index is 10.9. The van der Waals surface area contributed by atoms with Crippen LogP contribution in [0.15, 0.2) is 18.2 Å². The molecule has 1 heterocycles. The number of Topliss-reactive ketones (excluding diaryl/α,β-unsaturated/α-hetero) is 1. The summed E-state index contributed by atoms with van der Waals surface area (Å²) in [5, 5.41) is 0. The van der Waals surface area contributed by atoms with E-state index in [4.69, 9.17) is 0 Å². The lowest BCUT2D eigenvalue weighted by Crippen LogP contribution is -1.95. The Bertz CT molecular complexity index is 499. The smallest absolute Gasteiger partial charge is 0.130 e. The molecule has 3 heteroatoms. The molecule has 1 aromatic heterocycles. The minimum atomic E-state index is 0.201. The Labute approximate surface area is 88.5 Å². The number of hydrogen-bond donors (Lipinski definition) is 1. The summed E-state index contributed by atoms with van der Waals surface area (Å²) in [6, 6.07) is 6.05. The SMILES string of the molecule is CC(=O)CCc1nc2c(C)cccc2[nH]1. The zero-order chi connectivity index (χ0) is 10.8. The highest BCUT2D eigenvalue weighted by Crippen LogP contribution is 2.15. The van der Waals surface area contributed by atoms with E-state index in [-0.39, 0.29) is 5.78 Å². The molecule has 2 rings (SSSR count). The predicted molar refractivity (Wildman–Crippen MR) is 59.8 cm³/mol. The van der Waals surface area contributed by atoms with Crippen LogP contribution in [0.2, 0.25) is 0 Å². The molecule has 0 unspecified atom stereocenters. The molecule has 0 atom stereocenters. The molecule has 78 valence electrons. The molecule has 2 aromatic rings. The van der Waals surface area contributed by atoms with Crippen LogP contribution in [-0.4, -0.2) is 15.8 Å². The number of ketones is 1. The number of para-hydroxylation sites is 1. The van der Waals surface area contributed by atoms with Gasteiger partial charge in [0.05, 0.1) is 11.0 Å². The van der Waals surface area contributed by atoms with E-state index in [0.29, 0.717) is 12.8 Å². The number of aryl methyl sites for hydroxylation is 2. The summed E-state index contributed by atoms with van der Waals surface area (Å²) in [4.78, 5) is 18.6. The maximum Gasteiger partial charge on any atom is 0.130 e. The van der Waals surface area contributed by atoms with Crippen LogP contribution in [0.4, 0.5) is 0 Å². The van der Waals surface area contributed by atoms with Crippen LogP contribution in [0, 0.1) is 6.92 Å². The molecule has 15 heavy (non-hydrogen) atoms. The van der Waals surface area contributed by atoms with Gasteiger partial charge >= 0.3 is 0 Å². The number of nitrogens with one attached hydrogen (secondary N) is 1. The van der Waals surface area contributed by atoms with Crippen LogP contribution >= 0.6 is 0 Å². The standard InChI is InChI=1S/C12H14N2O/c1-8-4-3-5-10-12(8)14-11(13-10)7-6-9(2)15/h3-5H,6-7H2,1-2H3,(H,13,14). The first-order chi connectivity index (χ1) is 7.16. The first-order valence-electron chi connectivity index (χ1n) is 5.10. The van der Waals surface area contributed by atoms with E-state index < -0.39 is 0 Å². The van der Waals surface area contributed by atoms with Gasteiger partial charge in [0.2, 0.25) is 0 Å². The second-order valence-corrected chi connectivity index (χ2v) is 3.86. The molecule has 0 spiro atoms. The molecule has 0 amide bonds. The molecule has 0 aliphatic heterocycles. The first kappa shape index (κ1) is 9.90. The lowest BCUT2D eigenvalue weighted by atomic mass is 10.2. The van der Waals surface area contributed by atoms with Crippen LogP contribution < -0.4 is 0 Å². The van der Waals surface area contributed by atoms with E-state index in [1.807, 2.05) is 25.1 Å². The van der Waals surface area contributed by atoms with E-state index in [2.05, 4.69) is 9.97 Å². The monoisotopic (exact) mass is 202 g/mol. The number of fused-ring (bicyclic) bond motifs is 1. The minimum absolute atomic E-state index is 0.201. The first-order valence-corrected chi connectivity index (χ1v) is 5.10. The molecule has 1 aromatic carbocycles. The van der Waals surface area contributed by atoms with Crippen LogP contribution in [0.1, 0.15) is 24.7 Å². The minimum Gasteiger partial charge on any atom is -0.342 e. The van der Waals surface area contributed by atoms with Crippen molar-refractivity contribution in [3.05, 3.63) is 29.6 Å². The average Bonchev–Trinajstić information content (AvgIpc) is 2.59. The quantitative estimate of drug-likeness (QED) is 0.830. The average molecular weight is 202 g/mol. The van der Waals surface area contributed by atoms with Gasteiger partial charge in [0, 0.05) is 12.8 Å². The Morgan fingerprint density at radius 1 is 1.47 bits per heavy atom. The summed E-state index contributed by atoms with van der Waals surface area (Å²) < 4.78 is 0. The summed E-state index contributed by atoms with van der Waals surface area (Å²) in [5.74, 6) is 1.10. The fourth-order valence-electron chi connectivity index (χ4n) is 1.64. The summed E-state index contributed by atoms with van der Waals surface area (Å²) in [7, 11) is 0. The van der Waals surface area contributed by atoms with E-state index >= 15 is 0 Å². The zero-order valence-corrected chi connectivity index (χ0v) is 9.00. The molecular weight excluding hydrogens is 188 g/mol. The molecule has 0 saturated carbocycles. The van der Waals surface area contributed by atoms with Gasteiger partial charge in [-0.2, -0.15) is 0 Å². The summed E-state index contributed by atoms with van der Waals surface area (Å²) >= 11 is 0. The highest BCUT2D eigenvalue weighted by molar-refractivity contribution is 5.79. The third kappa shape index (κ3) is 2.06. The number of rotatable bonds is 3. The normalized spacial score (nSPS) is 10.8. The Balaban J connectivity index is 2.31. The molecule has 0 fully saturated rings. The van der Waals surface area contributed by atoms with E-state index in [1.54, 1.807) is 6.92 Å². The van der Waals surface area contributed by atoms with E-state index in [0.717, 1.165) is 22.4 Å². The molecule has 0 aliphatic rings. The molecule has 0 saturated heterocycles. The highest BCUT2D eigenvalue weighted by Gasteiger charge is 2.05. The van der Waals surface area contributed by atoms with Crippen molar-refractivity contribution in [1.82, 2.24) is 9.97 Å². The molecule has 1 N–H and O–H groups in total. The fourth-order valence-corrected chi connectivity index (χ4v) is 1.64. The van der Waals surface area contributed by atoms with Crippen molar-refractivity contribution >= 4 is 16.8 Å². The van der Waals surface area contributed by atoms with Gasteiger partial charge in [-0.1, -0.05) is 12.1 Å². The van der Waals surface area contributed by atoms with Crippen LogP contribution in [0.3, 0.4) is 0 Å². The van der Waals surface area contributed by atoms with Crippen LogP contribution in [0.25, 0.3) is 11.0 Å². The van der Waals surface area contributed by atoms with Gasteiger partial charge in [-0.3, -0.25) is 0 Å². The lowest BCUT2D eigenvalue weighted by Gasteiger charge is -1.91. The zero-order valence-electron chi connectivity index (χ0n) is 9.00. The lowest BCUT2D eigenvalue weighted by molar-refractivity contribution is -0.117. The second-order valence-electron chi connectivity index (χ2n) is 3.86. The van der Waals surface area contributed by atoms with Gasteiger partial charge < -0.3 is 9.78 Å². The molecule has 0 bridgehead atoms. The summed E-state index contributed by atoms with van der Waals surface area (Å²) in [5.41, 5.74) is 3.22. The number of aromatic nitrogens is 2. The van der Waals surface area contributed by atoms with Crippen molar-refractivity contribution in [2.45, 2.75) is 26.7 Å². The number of aromatic amines is 1. The van der Waals surface area contributed by atoms with E-state index in [1.165, 1.54) is 0 Å². The Hall–Kier alpha value is -1.64. The van der Waals surface area contributed by atoms with Gasteiger partial charge in [0.25, 0.3) is 0 Å². The topological polar surface area (TPSA) is 45.8 Å². The van der Waals surface area contributed by atoms with Crippen molar-refractivity contribution in [2.75, 3.05) is 0 Å². The summed E-state index contributed by atoms with van der Waals surface area (Å²) in [6.07, 6.45) is 1.25. The van der Waals surface area contributed by atoms with Crippen molar-refractivity contribution in [2.24, 2.45) is 0 Å². The molecule has 0 radical (unpaired) electrons. The Morgan fingerprint density at radius 2 is 2.27 bits per heavy atom. The Morgan fingerprint density at radius 3 is 2.93 bits per heavy atom. The van der Waals surface area contributed by atoms with Crippen molar-refractivity contribution in [3.63, 3.8) is 0 Å². The van der Waals surface area contributed by atoms with Crippen molar-refractivity contribution in [1.29, 1.82) is 0 Å². The van der Waals surface area contributed by atoms with Crippen LogP contribution in [-0.2, 0) is 11.2 Å². The summed E-state index contributed by atoms with van der Waals surface area (Å²) in [6.45, 7) is 3.64. The number of benzene rings is 1. The predicted octanol–water partition coefficient (Wildman–Crippen LogP) is 2.39. The van der Waals surface area contributed by atoms with E-state index in [9.17, 15) is 4.79 Å². The number of carbonyl (C=O) groups excluding carboxylic acids is 1. The van der Waals surface area contributed by atoms with Gasteiger partial charge in [-0.25, -0.2) is 4.98 Å². The van der Waals surface area contributed by atoms with Crippen LogP contribution in [0.5, 0.6) is 0 Å². The number of carbonyl (C=O) groups is 1. The third-order valence-corrected chi connectivity index (χ3v) is 2.48. The maximum absolute atomic E-state index is 10.9. The molecule has 0 aliphatic carbocycles. The molecule has 3 nitrogen and oxygen atoms in total.